The Balaban J connectivity index is 1.57. The maximum atomic E-state index is 13.5. The van der Waals surface area contributed by atoms with E-state index in [9.17, 15) is 14.0 Å². The third-order valence-corrected chi connectivity index (χ3v) is 6.27. The molecule has 32 heavy (non-hydrogen) atoms. The van der Waals surface area contributed by atoms with E-state index in [1.807, 2.05) is 33.7 Å². The highest BCUT2D eigenvalue weighted by Gasteiger charge is 2.20. The van der Waals surface area contributed by atoms with Gasteiger partial charge in [-0.05, 0) is 36.6 Å². The Morgan fingerprint density at radius 3 is 2.41 bits per heavy atom. The van der Waals surface area contributed by atoms with Crippen LogP contribution in [0, 0.1) is 5.82 Å². The average molecular weight is 432 g/mol. The number of para-hydroxylation sites is 1. The molecule has 0 bridgehead atoms. The van der Waals surface area contributed by atoms with Gasteiger partial charge >= 0.3 is 0 Å². The fourth-order valence-corrected chi connectivity index (χ4v) is 4.59. The number of aromatic nitrogens is 3. The third kappa shape index (κ3) is 3.79. The van der Waals surface area contributed by atoms with Crippen LogP contribution in [0.25, 0.3) is 21.8 Å². The lowest BCUT2D eigenvalue weighted by Crippen LogP contribution is -2.38. The van der Waals surface area contributed by atoms with Gasteiger partial charge in [0.2, 0.25) is 5.91 Å². The second-order valence-corrected chi connectivity index (χ2v) is 8.39. The Morgan fingerprint density at radius 1 is 0.938 bits per heavy atom. The van der Waals surface area contributed by atoms with Gasteiger partial charge in [0.1, 0.15) is 17.9 Å². The summed E-state index contributed by atoms with van der Waals surface area (Å²) in [7, 11) is 0. The van der Waals surface area contributed by atoms with Crippen LogP contribution in [0.4, 0.5) is 4.39 Å². The number of carbonyl (C=O) groups is 1. The molecule has 7 heteroatoms. The van der Waals surface area contributed by atoms with Crippen molar-refractivity contribution in [1.29, 1.82) is 0 Å². The van der Waals surface area contributed by atoms with Crippen LogP contribution in [0.15, 0.2) is 59.5 Å². The Labute approximate surface area is 184 Å². The molecule has 0 unspecified atom stereocenters. The number of hydrogen-bond donors (Lipinski definition) is 0. The first-order chi connectivity index (χ1) is 15.6. The summed E-state index contributed by atoms with van der Waals surface area (Å²) in [5.74, 6) is -0.364. The second kappa shape index (κ2) is 8.57. The molecule has 0 N–H and O–H groups in total. The third-order valence-electron chi connectivity index (χ3n) is 6.27. The van der Waals surface area contributed by atoms with E-state index in [-0.39, 0.29) is 23.8 Å². The van der Waals surface area contributed by atoms with Crippen LogP contribution < -0.4 is 5.56 Å². The van der Waals surface area contributed by atoms with Gasteiger partial charge in [0.15, 0.2) is 0 Å². The van der Waals surface area contributed by atoms with E-state index in [0.717, 1.165) is 60.6 Å². The van der Waals surface area contributed by atoms with Crippen LogP contribution >= 0.6 is 0 Å². The smallest absolute Gasteiger partial charge is 0.291 e. The Bertz CT molecular complexity index is 1330. The second-order valence-electron chi connectivity index (χ2n) is 8.39. The van der Waals surface area contributed by atoms with E-state index in [0.29, 0.717) is 12.1 Å². The van der Waals surface area contributed by atoms with Crippen molar-refractivity contribution in [2.45, 2.75) is 38.8 Å². The fraction of sp³-hybridized carbons (Fsp3) is 0.320. The zero-order valence-corrected chi connectivity index (χ0v) is 17.8. The van der Waals surface area contributed by atoms with Gasteiger partial charge in [-0.3, -0.25) is 9.59 Å². The molecule has 0 aliphatic carbocycles. The highest BCUT2D eigenvalue weighted by atomic mass is 19.1. The molecule has 1 aliphatic heterocycles. The van der Waals surface area contributed by atoms with Gasteiger partial charge in [0.05, 0.1) is 6.20 Å². The van der Waals surface area contributed by atoms with E-state index < -0.39 is 0 Å². The SMILES string of the molecule is O=C(Cn1ncc2c3ccccc3n(Cc3ccc(F)cc3)c2c1=O)N1CCCCCC1. The van der Waals surface area contributed by atoms with Gasteiger partial charge in [-0.2, -0.15) is 5.10 Å². The van der Waals surface area contributed by atoms with Gasteiger partial charge < -0.3 is 9.47 Å². The standard InChI is InChI=1S/C25H25FN4O2/c26-19-11-9-18(10-12-19)16-29-22-8-4-3-7-20(22)21-15-27-30(25(32)24(21)29)17-23(31)28-13-5-1-2-6-14-28/h3-4,7-12,15H,1-2,5-6,13-14,16-17H2. The van der Waals surface area contributed by atoms with Crippen molar-refractivity contribution in [2.75, 3.05) is 13.1 Å². The van der Waals surface area contributed by atoms with E-state index in [1.54, 1.807) is 18.3 Å². The van der Waals surface area contributed by atoms with Crippen molar-refractivity contribution >= 4 is 27.7 Å². The number of carbonyl (C=O) groups excluding carboxylic acids is 1. The normalized spacial score (nSPS) is 14.7. The highest BCUT2D eigenvalue weighted by molar-refractivity contribution is 6.07. The lowest BCUT2D eigenvalue weighted by Gasteiger charge is -2.20. The topological polar surface area (TPSA) is 60.1 Å². The van der Waals surface area contributed by atoms with Gasteiger partial charge in [-0.1, -0.05) is 43.2 Å². The summed E-state index contributed by atoms with van der Waals surface area (Å²) in [6.45, 7) is 1.83. The van der Waals surface area contributed by atoms with Crippen molar-refractivity contribution in [3.63, 3.8) is 0 Å². The van der Waals surface area contributed by atoms with Crippen molar-refractivity contribution in [1.82, 2.24) is 19.2 Å². The van der Waals surface area contributed by atoms with E-state index in [2.05, 4.69) is 5.10 Å². The Morgan fingerprint density at radius 2 is 1.66 bits per heavy atom. The predicted molar refractivity (Wildman–Crippen MR) is 122 cm³/mol. The van der Waals surface area contributed by atoms with Crippen LogP contribution in [0.1, 0.15) is 31.2 Å². The number of rotatable bonds is 4. The Hall–Kier alpha value is -3.48. The molecule has 0 spiro atoms. The highest BCUT2D eigenvalue weighted by Crippen LogP contribution is 2.27. The minimum Gasteiger partial charge on any atom is -0.341 e. The van der Waals surface area contributed by atoms with E-state index in [4.69, 9.17) is 0 Å². The van der Waals surface area contributed by atoms with Crippen molar-refractivity contribution in [2.24, 2.45) is 0 Å². The number of likely N-dealkylation sites (tertiary alicyclic amines) is 1. The van der Waals surface area contributed by atoms with Crippen LogP contribution in [-0.4, -0.2) is 38.2 Å². The van der Waals surface area contributed by atoms with Crippen LogP contribution in [0.5, 0.6) is 0 Å². The Kier molecular flexibility index (Phi) is 5.47. The summed E-state index contributed by atoms with van der Waals surface area (Å²) in [5.41, 5.74) is 2.01. The number of benzene rings is 2. The molecule has 2 aromatic carbocycles. The molecule has 6 nitrogen and oxygen atoms in total. The van der Waals surface area contributed by atoms with E-state index >= 15 is 0 Å². The molecule has 0 atom stereocenters. The van der Waals surface area contributed by atoms with Crippen molar-refractivity contribution < 1.29 is 9.18 Å². The molecule has 1 amide bonds. The zero-order valence-electron chi connectivity index (χ0n) is 17.8. The van der Waals surface area contributed by atoms with Crippen LogP contribution in [0.3, 0.4) is 0 Å². The quantitative estimate of drug-likeness (QED) is 0.491. The molecule has 1 fully saturated rings. The number of hydrogen-bond acceptors (Lipinski definition) is 3. The summed E-state index contributed by atoms with van der Waals surface area (Å²) in [6, 6.07) is 14.1. The average Bonchev–Trinajstić information content (AvgIpc) is 2.95. The largest absolute Gasteiger partial charge is 0.341 e. The number of nitrogens with zero attached hydrogens (tertiary/aromatic N) is 4. The van der Waals surface area contributed by atoms with Gasteiger partial charge in [0, 0.05) is 35.9 Å². The molecule has 1 saturated heterocycles. The summed E-state index contributed by atoms with van der Waals surface area (Å²) in [4.78, 5) is 28.2. The monoisotopic (exact) mass is 432 g/mol. The van der Waals surface area contributed by atoms with Gasteiger partial charge in [-0.15, -0.1) is 0 Å². The first-order valence-electron chi connectivity index (χ1n) is 11.1. The summed E-state index contributed by atoms with van der Waals surface area (Å²) in [5, 5.41) is 6.03. The van der Waals surface area contributed by atoms with Gasteiger partial charge in [0.25, 0.3) is 5.56 Å². The first kappa shape index (κ1) is 20.4. The number of amides is 1. The lowest BCUT2D eigenvalue weighted by molar-refractivity contribution is -0.132. The molecule has 2 aromatic heterocycles. The molecule has 4 aromatic rings. The maximum Gasteiger partial charge on any atom is 0.291 e. The van der Waals surface area contributed by atoms with Crippen molar-refractivity contribution in [3.05, 3.63) is 76.5 Å². The lowest BCUT2D eigenvalue weighted by atomic mass is 10.2. The zero-order chi connectivity index (χ0) is 22.1. The molecule has 1 aliphatic rings. The molecule has 0 saturated carbocycles. The minimum atomic E-state index is -0.297. The van der Waals surface area contributed by atoms with Crippen molar-refractivity contribution in [3.8, 4) is 0 Å². The fourth-order valence-electron chi connectivity index (χ4n) is 4.59. The minimum absolute atomic E-state index is 0.0627. The molecular weight excluding hydrogens is 407 g/mol. The number of fused-ring (bicyclic) bond motifs is 3. The maximum absolute atomic E-state index is 13.5. The van der Waals surface area contributed by atoms with Crippen LogP contribution in [-0.2, 0) is 17.9 Å². The van der Waals surface area contributed by atoms with E-state index in [1.165, 1.54) is 16.8 Å². The molecule has 3 heterocycles. The number of halogens is 1. The molecule has 164 valence electrons. The molecule has 0 radical (unpaired) electrons. The molecular formula is C25H25FN4O2. The first-order valence-corrected chi connectivity index (χ1v) is 11.1. The summed E-state index contributed by atoms with van der Waals surface area (Å²) < 4.78 is 16.6. The molecule has 5 rings (SSSR count). The summed E-state index contributed by atoms with van der Waals surface area (Å²) in [6.07, 6.45) is 5.95. The summed E-state index contributed by atoms with van der Waals surface area (Å²) >= 11 is 0. The van der Waals surface area contributed by atoms with Crippen LogP contribution in [0.2, 0.25) is 0 Å². The predicted octanol–water partition coefficient (Wildman–Crippen LogP) is 3.94. The van der Waals surface area contributed by atoms with Gasteiger partial charge in [-0.25, -0.2) is 9.07 Å².